The van der Waals surface area contributed by atoms with E-state index in [1.807, 2.05) is 35.2 Å². The van der Waals surface area contributed by atoms with Gasteiger partial charge in [-0.2, -0.15) is 5.10 Å². The molecule has 2 aromatic rings. The summed E-state index contributed by atoms with van der Waals surface area (Å²) in [5.74, 6) is -0.316. The maximum atomic E-state index is 13.5. The molecule has 142 valence electrons. The number of esters is 1. The Morgan fingerprint density at radius 2 is 1.89 bits per heavy atom. The van der Waals surface area contributed by atoms with Gasteiger partial charge in [0.15, 0.2) is 5.69 Å². The van der Waals surface area contributed by atoms with E-state index in [2.05, 4.69) is 10.4 Å². The summed E-state index contributed by atoms with van der Waals surface area (Å²) in [6, 6.07) is 11.6. The molecule has 27 heavy (non-hydrogen) atoms. The van der Waals surface area contributed by atoms with Gasteiger partial charge in [0.2, 0.25) is 5.91 Å². The first kappa shape index (κ1) is 17.6. The van der Waals surface area contributed by atoms with Crippen LogP contribution >= 0.6 is 0 Å². The van der Waals surface area contributed by atoms with E-state index >= 15 is 0 Å². The van der Waals surface area contributed by atoms with Crippen LogP contribution < -0.4 is 5.32 Å². The minimum Gasteiger partial charge on any atom is -0.464 e. The summed E-state index contributed by atoms with van der Waals surface area (Å²) in [5, 5.41) is 7.81. The van der Waals surface area contributed by atoms with Gasteiger partial charge in [-0.05, 0) is 31.0 Å². The predicted molar refractivity (Wildman–Crippen MR) is 100 cm³/mol. The van der Waals surface area contributed by atoms with Crippen LogP contribution in [0.15, 0.2) is 36.4 Å². The molecule has 1 fully saturated rings. The molecule has 1 aromatic carbocycles. The molecule has 1 aromatic heterocycles. The van der Waals surface area contributed by atoms with E-state index in [0.29, 0.717) is 25.3 Å². The molecule has 0 radical (unpaired) electrons. The maximum Gasteiger partial charge on any atom is 0.358 e. The highest BCUT2D eigenvalue weighted by atomic mass is 16.5. The Morgan fingerprint density at radius 3 is 2.59 bits per heavy atom. The van der Waals surface area contributed by atoms with Crippen molar-refractivity contribution in [2.45, 2.75) is 44.3 Å². The number of aromatic nitrogens is 2. The summed E-state index contributed by atoms with van der Waals surface area (Å²) in [6.45, 7) is 1.63. The highest BCUT2D eigenvalue weighted by Gasteiger charge is 2.44. The van der Waals surface area contributed by atoms with E-state index in [4.69, 9.17) is 4.74 Å². The Kier molecular flexibility index (Phi) is 4.59. The predicted octanol–water partition coefficient (Wildman–Crippen LogP) is 2.44. The van der Waals surface area contributed by atoms with Crippen LogP contribution in [0.5, 0.6) is 0 Å². The SMILES string of the molecule is COC(=O)c1cc2n(n1)CCN(C(=O)C1(Nc3ccccc3)CCCC1)C2. The van der Waals surface area contributed by atoms with Gasteiger partial charge in [-0.3, -0.25) is 9.48 Å². The number of methoxy groups -OCH3 is 1. The summed E-state index contributed by atoms with van der Waals surface area (Å²) in [5.41, 5.74) is 1.58. The molecular formula is C20H24N4O3. The first-order valence-corrected chi connectivity index (χ1v) is 9.39. The smallest absolute Gasteiger partial charge is 0.358 e. The summed E-state index contributed by atoms with van der Waals surface area (Å²) in [4.78, 5) is 27.1. The molecule has 0 bridgehead atoms. The van der Waals surface area contributed by atoms with Crippen LogP contribution in [0.3, 0.4) is 0 Å². The molecule has 0 spiro atoms. The number of hydrogen-bond acceptors (Lipinski definition) is 5. The maximum absolute atomic E-state index is 13.5. The first-order chi connectivity index (χ1) is 13.1. The molecule has 1 aliphatic carbocycles. The zero-order valence-corrected chi connectivity index (χ0v) is 15.5. The largest absolute Gasteiger partial charge is 0.464 e. The van der Waals surface area contributed by atoms with Gasteiger partial charge >= 0.3 is 5.97 Å². The van der Waals surface area contributed by atoms with Crippen molar-refractivity contribution in [1.82, 2.24) is 14.7 Å². The van der Waals surface area contributed by atoms with Crippen LogP contribution in [-0.2, 0) is 22.6 Å². The second-order valence-electron chi connectivity index (χ2n) is 7.24. The number of nitrogens with zero attached hydrogens (tertiary/aromatic N) is 3. The van der Waals surface area contributed by atoms with Crippen molar-refractivity contribution in [3.8, 4) is 0 Å². The third-order valence-corrected chi connectivity index (χ3v) is 5.50. The van der Waals surface area contributed by atoms with Gasteiger partial charge in [0.05, 0.1) is 25.9 Å². The molecule has 1 aliphatic heterocycles. The quantitative estimate of drug-likeness (QED) is 0.839. The van der Waals surface area contributed by atoms with Crippen LogP contribution in [0, 0.1) is 0 Å². The number of rotatable bonds is 4. The van der Waals surface area contributed by atoms with E-state index in [1.165, 1.54) is 7.11 Å². The molecule has 7 heteroatoms. The van der Waals surface area contributed by atoms with E-state index in [1.54, 1.807) is 10.7 Å². The molecule has 1 amide bonds. The van der Waals surface area contributed by atoms with E-state index in [-0.39, 0.29) is 5.91 Å². The van der Waals surface area contributed by atoms with Crippen molar-refractivity contribution in [2.75, 3.05) is 19.0 Å². The number of carbonyl (C=O) groups is 2. The molecule has 1 saturated carbocycles. The van der Waals surface area contributed by atoms with Crippen molar-refractivity contribution in [1.29, 1.82) is 0 Å². The number of benzene rings is 1. The van der Waals surface area contributed by atoms with Gasteiger partial charge in [-0.1, -0.05) is 31.0 Å². The lowest BCUT2D eigenvalue weighted by Gasteiger charge is -2.37. The minimum atomic E-state index is -0.547. The lowest BCUT2D eigenvalue weighted by atomic mass is 9.94. The second kappa shape index (κ2) is 7.06. The third-order valence-electron chi connectivity index (χ3n) is 5.50. The number of amides is 1. The highest BCUT2D eigenvalue weighted by molar-refractivity contribution is 5.90. The average Bonchev–Trinajstić information content (AvgIpc) is 3.34. The summed E-state index contributed by atoms with van der Waals surface area (Å²) < 4.78 is 6.54. The number of nitrogens with one attached hydrogen (secondary N) is 1. The van der Waals surface area contributed by atoms with Crippen LogP contribution in [0.2, 0.25) is 0 Å². The lowest BCUT2D eigenvalue weighted by Crippen LogP contribution is -2.54. The zero-order valence-electron chi connectivity index (χ0n) is 15.5. The fourth-order valence-corrected chi connectivity index (χ4v) is 4.12. The molecule has 0 saturated heterocycles. The number of ether oxygens (including phenoxy) is 1. The number of para-hydroxylation sites is 1. The number of carbonyl (C=O) groups excluding carboxylic acids is 2. The molecular weight excluding hydrogens is 344 g/mol. The fourth-order valence-electron chi connectivity index (χ4n) is 4.12. The molecule has 4 rings (SSSR count). The topological polar surface area (TPSA) is 76.5 Å². The molecule has 0 unspecified atom stereocenters. The number of hydrogen-bond donors (Lipinski definition) is 1. The summed E-state index contributed by atoms with van der Waals surface area (Å²) in [6.07, 6.45) is 3.77. The fraction of sp³-hybridized carbons (Fsp3) is 0.450. The van der Waals surface area contributed by atoms with Gasteiger partial charge in [0.1, 0.15) is 5.54 Å². The standard InChI is InChI=1S/C20H24N4O3/c1-27-18(25)17-13-16-14-23(11-12-24(16)22-17)19(26)20(9-5-6-10-20)21-15-7-3-2-4-8-15/h2-4,7-8,13,21H,5-6,9-12,14H2,1H3. The second-order valence-corrected chi connectivity index (χ2v) is 7.24. The van der Waals surface area contributed by atoms with Gasteiger partial charge in [-0.15, -0.1) is 0 Å². The van der Waals surface area contributed by atoms with Crippen LogP contribution in [0.25, 0.3) is 0 Å². The average molecular weight is 368 g/mol. The normalized spacial score (nSPS) is 18.0. The van der Waals surface area contributed by atoms with E-state index in [0.717, 1.165) is 37.1 Å². The number of fused-ring (bicyclic) bond motifs is 1. The highest BCUT2D eigenvalue weighted by Crippen LogP contribution is 2.35. The Bertz CT molecular complexity index is 840. The third kappa shape index (κ3) is 3.29. The van der Waals surface area contributed by atoms with Gasteiger partial charge in [0.25, 0.3) is 0 Å². The Morgan fingerprint density at radius 1 is 1.15 bits per heavy atom. The van der Waals surface area contributed by atoms with E-state index < -0.39 is 11.5 Å². The number of anilines is 1. The van der Waals surface area contributed by atoms with Crippen LogP contribution in [0.1, 0.15) is 41.9 Å². The van der Waals surface area contributed by atoms with Gasteiger partial charge in [-0.25, -0.2) is 4.79 Å². The molecule has 7 nitrogen and oxygen atoms in total. The molecule has 2 aliphatic rings. The Labute approximate surface area is 158 Å². The molecule has 1 N–H and O–H groups in total. The summed E-state index contributed by atoms with van der Waals surface area (Å²) in [7, 11) is 1.34. The van der Waals surface area contributed by atoms with Gasteiger partial charge < -0.3 is 15.0 Å². The molecule has 2 heterocycles. The minimum absolute atomic E-state index is 0.135. The first-order valence-electron chi connectivity index (χ1n) is 9.39. The molecule has 0 atom stereocenters. The Balaban J connectivity index is 1.54. The summed E-state index contributed by atoms with van der Waals surface area (Å²) >= 11 is 0. The van der Waals surface area contributed by atoms with E-state index in [9.17, 15) is 9.59 Å². The lowest BCUT2D eigenvalue weighted by molar-refractivity contribution is -0.137. The Hall–Kier alpha value is -2.83. The van der Waals surface area contributed by atoms with Crippen molar-refractivity contribution >= 4 is 17.6 Å². The van der Waals surface area contributed by atoms with Crippen molar-refractivity contribution < 1.29 is 14.3 Å². The van der Waals surface area contributed by atoms with Gasteiger partial charge in [0, 0.05) is 12.2 Å². The van der Waals surface area contributed by atoms with Crippen molar-refractivity contribution in [2.24, 2.45) is 0 Å². The van der Waals surface area contributed by atoms with Crippen LogP contribution in [0.4, 0.5) is 5.69 Å². The van der Waals surface area contributed by atoms with Crippen molar-refractivity contribution in [3.63, 3.8) is 0 Å². The van der Waals surface area contributed by atoms with Crippen molar-refractivity contribution in [3.05, 3.63) is 47.8 Å². The zero-order chi connectivity index (χ0) is 18.9. The monoisotopic (exact) mass is 368 g/mol. The van der Waals surface area contributed by atoms with Crippen LogP contribution in [-0.4, -0.2) is 45.8 Å².